The van der Waals surface area contributed by atoms with Crippen molar-refractivity contribution in [2.24, 2.45) is 0 Å². The van der Waals surface area contributed by atoms with Crippen LogP contribution in [0.15, 0.2) is 76.5 Å². The van der Waals surface area contributed by atoms with Crippen molar-refractivity contribution in [3.63, 3.8) is 0 Å². The monoisotopic (exact) mass is 468 g/mol. The Balaban J connectivity index is 1.33. The zero-order chi connectivity index (χ0) is 22.7. The molecule has 0 aromatic heterocycles. The predicted molar refractivity (Wildman–Crippen MR) is 126 cm³/mol. The molecule has 166 valence electrons. The molecule has 1 aliphatic heterocycles. The van der Waals surface area contributed by atoms with Gasteiger partial charge in [-0.05, 0) is 42.0 Å². The number of hydrogen-bond acceptors (Lipinski definition) is 5. The number of piperazine rings is 1. The lowest BCUT2D eigenvalue weighted by Gasteiger charge is -2.34. The average Bonchev–Trinajstić information content (AvgIpc) is 2.82. The first-order valence-electron chi connectivity index (χ1n) is 10.3. The van der Waals surface area contributed by atoms with E-state index in [1.54, 1.807) is 4.90 Å². The number of hydrogen-bond donors (Lipinski definition) is 0. The summed E-state index contributed by atoms with van der Waals surface area (Å²) in [5.74, 6) is 0.214. The normalized spacial score (nSPS) is 15.1. The molecule has 0 radical (unpaired) electrons. The van der Waals surface area contributed by atoms with Gasteiger partial charge in [-0.15, -0.1) is 11.8 Å². The summed E-state index contributed by atoms with van der Waals surface area (Å²) in [6.07, 6.45) is 0. The molecule has 0 N–H and O–H groups in total. The maximum Gasteiger partial charge on any atom is 0.243 e. The van der Waals surface area contributed by atoms with Crippen molar-refractivity contribution in [3.8, 4) is 0 Å². The Morgan fingerprint density at radius 1 is 0.875 bits per heavy atom. The van der Waals surface area contributed by atoms with Gasteiger partial charge in [-0.1, -0.05) is 42.5 Å². The smallest absolute Gasteiger partial charge is 0.243 e. The van der Waals surface area contributed by atoms with Crippen LogP contribution >= 0.6 is 11.8 Å². The first-order valence-corrected chi connectivity index (χ1v) is 12.8. The third-order valence-electron chi connectivity index (χ3n) is 5.57. The summed E-state index contributed by atoms with van der Waals surface area (Å²) in [5.41, 5.74) is 0.475. The number of thioether (sulfide) groups is 1. The largest absolute Gasteiger partial charge is 0.339 e. The summed E-state index contributed by atoms with van der Waals surface area (Å²) < 4.78 is 27.2. The summed E-state index contributed by atoms with van der Waals surface area (Å²) in [6.45, 7) is 2.67. The number of rotatable bonds is 6. The standard InChI is InChI=1S/C24H24N2O4S2/c1-18(27)19-7-10-23(11-8-19)32(29,30)26-14-12-25(13-15-26)24(28)17-31-22-9-6-20-4-2-3-5-21(20)16-22/h2-11,16H,12-15,17H2,1H3. The molecule has 0 bridgehead atoms. The van der Waals surface area contributed by atoms with Crippen molar-refractivity contribution in [2.75, 3.05) is 31.9 Å². The Morgan fingerprint density at radius 3 is 2.19 bits per heavy atom. The molecule has 0 saturated carbocycles. The Morgan fingerprint density at radius 2 is 1.53 bits per heavy atom. The van der Waals surface area contributed by atoms with E-state index in [-0.39, 0.29) is 29.7 Å². The highest BCUT2D eigenvalue weighted by Crippen LogP contribution is 2.24. The van der Waals surface area contributed by atoms with Gasteiger partial charge in [-0.3, -0.25) is 9.59 Å². The molecule has 1 heterocycles. The van der Waals surface area contributed by atoms with Crippen molar-refractivity contribution in [1.29, 1.82) is 0 Å². The van der Waals surface area contributed by atoms with Crippen LogP contribution in [0.4, 0.5) is 0 Å². The van der Waals surface area contributed by atoms with Crippen LogP contribution in [0.1, 0.15) is 17.3 Å². The van der Waals surface area contributed by atoms with E-state index < -0.39 is 10.0 Å². The van der Waals surface area contributed by atoms with Gasteiger partial charge in [0.05, 0.1) is 10.6 Å². The lowest BCUT2D eigenvalue weighted by Crippen LogP contribution is -2.50. The third kappa shape index (κ3) is 4.87. The first-order chi connectivity index (χ1) is 15.3. The number of Topliss-reactive ketones (excluding diaryl/α,β-unsaturated/α-hetero) is 1. The second kappa shape index (κ2) is 9.44. The fraction of sp³-hybridized carbons (Fsp3) is 0.250. The lowest BCUT2D eigenvalue weighted by atomic mass is 10.1. The topological polar surface area (TPSA) is 74.8 Å². The van der Waals surface area contributed by atoms with Gasteiger partial charge in [0.2, 0.25) is 15.9 Å². The first kappa shape index (κ1) is 22.5. The molecule has 1 fully saturated rings. The van der Waals surface area contributed by atoms with Crippen molar-refractivity contribution in [2.45, 2.75) is 16.7 Å². The van der Waals surface area contributed by atoms with E-state index in [1.807, 2.05) is 18.2 Å². The fourth-order valence-electron chi connectivity index (χ4n) is 3.68. The van der Waals surface area contributed by atoms with E-state index in [0.29, 0.717) is 24.4 Å². The van der Waals surface area contributed by atoms with Crippen LogP contribution in [0.5, 0.6) is 0 Å². The lowest BCUT2D eigenvalue weighted by molar-refractivity contribution is -0.129. The molecular formula is C24H24N2O4S2. The third-order valence-corrected chi connectivity index (χ3v) is 8.46. The number of amides is 1. The zero-order valence-corrected chi connectivity index (χ0v) is 19.4. The predicted octanol–water partition coefficient (Wildman–Crippen LogP) is 3.67. The number of ketones is 1. The molecular weight excluding hydrogens is 444 g/mol. The minimum absolute atomic E-state index is 0.00557. The maximum atomic E-state index is 12.9. The van der Waals surface area contributed by atoms with E-state index in [9.17, 15) is 18.0 Å². The molecule has 0 atom stereocenters. The number of carbonyl (C=O) groups excluding carboxylic acids is 2. The Labute approximate surface area is 192 Å². The number of carbonyl (C=O) groups is 2. The minimum atomic E-state index is -3.65. The molecule has 3 aromatic carbocycles. The molecule has 0 aliphatic carbocycles. The summed E-state index contributed by atoms with van der Waals surface area (Å²) in [5, 5.41) is 2.30. The van der Waals surface area contributed by atoms with Gasteiger partial charge in [0.25, 0.3) is 0 Å². The van der Waals surface area contributed by atoms with E-state index in [4.69, 9.17) is 0 Å². The van der Waals surface area contributed by atoms with Crippen LogP contribution in [-0.2, 0) is 14.8 Å². The zero-order valence-electron chi connectivity index (χ0n) is 17.7. The van der Waals surface area contributed by atoms with Gasteiger partial charge >= 0.3 is 0 Å². The van der Waals surface area contributed by atoms with E-state index in [2.05, 4.69) is 24.3 Å². The average molecular weight is 469 g/mol. The molecule has 1 aliphatic rings. The summed E-state index contributed by atoms with van der Waals surface area (Å²) in [6, 6.07) is 20.2. The van der Waals surface area contributed by atoms with Crippen LogP contribution in [0.3, 0.4) is 0 Å². The molecule has 0 unspecified atom stereocenters. The number of benzene rings is 3. The molecule has 1 amide bonds. The van der Waals surface area contributed by atoms with E-state index in [0.717, 1.165) is 15.7 Å². The molecule has 4 rings (SSSR count). The molecule has 1 saturated heterocycles. The highest BCUT2D eigenvalue weighted by Gasteiger charge is 2.30. The Kier molecular flexibility index (Phi) is 6.64. The van der Waals surface area contributed by atoms with Crippen molar-refractivity contribution >= 4 is 44.2 Å². The van der Waals surface area contributed by atoms with Crippen molar-refractivity contribution in [1.82, 2.24) is 9.21 Å². The number of sulfonamides is 1. The van der Waals surface area contributed by atoms with Crippen LogP contribution < -0.4 is 0 Å². The summed E-state index contributed by atoms with van der Waals surface area (Å²) >= 11 is 1.49. The quantitative estimate of drug-likeness (QED) is 0.408. The molecule has 8 heteroatoms. The molecule has 32 heavy (non-hydrogen) atoms. The SMILES string of the molecule is CC(=O)c1ccc(S(=O)(=O)N2CCN(C(=O)CSc3ccc4ccccc4c3)CC2)cc1. The highest BCUT2D eigenvalue weighted by molar-refractivity contribution is 8.00. The minimum Gasteiger partial charge on any atom is -0.339 e. The Bertz CT molecular complexity index is 1250. The fourth-order valence-corrected chi connectivity index (χ4v) is 5.95. The molecule has 3 aromatic rings. The summed E-state index contributed by atoms with van der Waals surface area (Å²) in [4.78, 5) is 27.0. The van der Waals surface area contributed by atoms with Crippen LogP contribution in [0.25, 0.3) is 10.8 Å². The summed E-state index contributed by atoms with van der Waals surface area (Å²) in [7, 11) is -3.65. The van der Waals surface area contributed by atoms with Crippen molar-refractivity contribution < 1.29 is 18.0 Å². The van der Waals surface area contributed by atoms with Gasteiger partial charge in [0, 0.05) is 36.6 Å². The van der Waals surface area contributed by atoms with Gasteiger partial charge in [0.15, 0.2) is 5.78 Å². The second-order valence-electron chi connectivity index (χ2n) is 7.66. The van der Waals surface area contributed by atoms with Gasteiger partial charge in [-0.25, -0.2) is 8.42 Å². The van der Waals surface area contributed by atoms with Gasteiger partial charge < -0.3 is 4.90 Å². The molecule has 0 spiro atoms. The Hall–Kier alpha value is -2.68. The van der Waals surface area contributed by atoms with Gasteiger partial charge in [-0.2, -0.15) is 4.31 Å². The highest BCUT2D eigenvalue weighted by atomic mass is 32.2. The van der Waals surface area contributed by atoms with Crippen LogP contribution in [0, 0.1) is 0 Å². The second-order valence-corrected chi connectivity index (χ2v) is 10.6. The molecule has 6 nitrogen and oxygen atoms in total. The van der Waals surface area contributed by atoms with E-state index >= 15 is 0 Å². The van der Waals surface area contributed by atoms with Crippen LogP contribution in [-0.4, -0.2) is 61.2 Å². The maximum absolute atomic E-state index is 12.9. The number of fused-ring (bicyclic) bond motifs is 1. The van der Waals surface area contributed by atoms with Gasteiger partial charge in [0.1, 0.15) is 0 Å². The number of nitrogens with zero attached hydrogens (tertiary/aromatic N) is 2. The van der Waals surface area contributed by atoms with Crippen LogP contribution in [0.2, 0.25) is 0 Å². The van der Waals surface area contributed by atoms with E-state index in [1.165, 1.54) is 47.3 Å². The van der Waals surface area contributed by atoms with Crippen molar-refractivity contribution in [3.05, 3.63) is 72.3 Å².